The summed E-state index contributed by atoms with van der Waals surface area (Å²) in [4.78, 5) is -0.659. The Balaban J connectivity index is 2.83. The van der Waals surface area contributed by atoms with Crippen LogP contribution in [0.4, 0.5) is 8.78 Å². The number of hydrogen-bond donors (Lipinski definition) is 1. The molecule has 3 nitrogen and oxygen atoms in total. The molecule has 0 saturated carbocycles. The van der Waals surface area contributed by atoms with Gasteiger partial charge in [0.15, 0.2) is 0 Å². The van der Waals surface area contributed by atoms with E-state index in [0.29, 0.717) is 6.07 Å². The second-order valence-electron chi connectivity index (χ2n) is 4.01. The summed E-state index contributed by atoms with van der Waals surface area (Å²) in [6.45, 7) is 2.05. The summed E-state index contributed by atoms with van der Waals surface area (Å²) in [5, 5.41) is 0.754. The van der Waals surface area contributed by atoms with Crippen LogP contribution in [0.5, 0.6) is 0 Å². The second-order valence-corrected chi connectivity index (χ2v) is 6.54. The van der Waals surface area contributed by atoms with Gasteiger partial charge in [-0.15, -0.1) is 0 Å². The van der Waals surface area contributed by atoms with Crippen molar-refractivity contribution in [2.75, 3.05) is 11.9 Å². The highest BCUT2D eigenvalue weighted by Gasteiger charge is 2.20. The van der Waals surface area contributed by atoms with E-state index in [0.717, 1.165) is 23.9 Å². The van der Waals surface area contributed by atoms with Gasteiger partial charge in [-0.3, -0.25) is 0 Å². The quantitative estimate of drug-likeness (QED) is 0.808. The van der Waals surface area contributed by atoms with E-state index in [2.05, 4.69) is 20.7 Å². The highest BCUT2D eigenvalue weighted by atomic mass is 79.9. The summed E-state index contributed by atoms with van der Waals surface area (Å²) in [5.74, 6) is -1.64. The SMILES string of the molecule is CC(CCBr)CNS(=O)(=O)c1cc(F)ccc1F. The normalized spacial score (nSPS) is 13.6. The van der Waals surface area contributed by atoms with Crippen molar-refractivity contribution in [2.45, 2.75) is 18.2 Å². The molecule has 0 aromatic heterocycles. The Labute approximate surface area is 114 Å². The number of hydrogen-bond acceptors (Lipinski definition) is 2. The molecule has 1 atom stereocenters. The van der Waals surface area contributed by atoms with Gasteiger partial charge >= 0.3 is 0 Å². The molecule has 102 valence electrons. The highest BCUT2D eigenvalue weighted by molar-refractivity contribution is 9.09. The molecular weight excluding hydrogens is 328 g/mol. The molecule has 1 aromatic rings. The molecule has 0 bridgehead atoms. The number of sulfonamides is 1. The smallest absolute Gasteiger partial charge is 0.211 e. The van der Waals surface area contributed by atoms with Crippen molar-refractivity contribution in [1.82, 2.24) is 4.72 Å². The number of benzene rings is 1. The average Bonchev–Trinajstić information content (AvgIpc) is 2.30. The minimum atomic E-state index is -4.01. The molecule has 0 heterocycles. The molecule has 0 aliphatic heterocycles. The van der Waals surface area contributed by atoms with E-state index < -0.39 is 26.6 Å². The van der Waals surface area contributed by atoms with Crippen LogP contribution in [0.15, 0.2) is 23.1 Å². The minimum absolute atomic E-state index is 0.107. The van der Waals surface area contributed by atoms with Crippen LogP contribution in [-0.4, -0.2) is 20.3 Å². The van der Waals surface area contributed by atoms with Gasteiger partial charge in [-0.2, -0.15) is 0 Å². The van der Waals surface area contributed by atoms with Gasteiger partial charge in [-0.1, -0.05) is 22.9 Å². The van der Waals surface area contributed by atoms with Gasteiger partial charge in [0.2, 0.25) is 10.0 Å². The molecule has 0 fully saturated rings. The standard InChI is InChI=1S/C11H14BrF2NO2S/c1-8(4-5-12)7-15-18(16,17)11-6-9(13)2-3-10(11)14/h2-3,6,8,15H,4-5,7H2,1H3. The third-order valence-corrected chi connectivity index (χ3v) is 4.30. The number of rotatable bonds is 6. The van der Waals surface area contributed by atoms with Crippen molar-refractivity contribution < 1.29 is 17.2 Å². The molecule has 1 N–H and O–H groups in total. The van der Waals surface area contributed by atoms with Gasteiger partial charge in [-0.25, -0.2) is 21.9 Å². The Hall–Kier alpha value is -0.530. The molecule has 1 rings (SSSR count). The Morgan fingerprint density at radius 1 is 1.39 bits per heavy atom. The van der Waals surface area contributed by atoms with E-state index in [1.54, 1.807) is 0 Å². The van der Waals surface area contributed by atoms with Crippen molar-refractivity contribution in [3.63, 3.8) is 0 Å². The zero-order valence-corrected chi connectivity index (χ0v) is 12.2. The van der Waals surface area contributed by atoms with Gasteiger partial charge in [0.05, 0.1) is 0 Å². The fraction of sp³-hybridized carbons (Fsp3) is 0.455. The van der Waals surface area contributed by atoms with Crippen molar-refractivity contribution >= 4 is 26.0 Å². The first-order valence-electron chi connectivity index (χ1n) is 5.37. The van der Waals surface area contributed by atoms with Crippen LogP contribution in [0.25, 0.3) is 0 Å². The van der Waals surface area contributed by atoms with Crippen LogP contribution in [0.1, 0.15) is 13.3 Å². The molecular formula is C11H14BrF2NO2S. The van der Waals surface area contributed by atoms with Crippen molar-refractivity contribution in [1.29, 1.82) is 0 Å². The van der Waals surface area contributed by atoms with E-state index in [1.807, 2.05) is 6.92 Å². The van der Waals surface area contributed by atoms with Gasteiger partial charge in [-0.05, 0) is 30.5 Å². The first-order valence-corrected chi connectivity index (χ1v) is 7.98. The summed E-state index contributed by atoms with van der Waals surface area (Å²) < 4.78 is 52.1. The topological polar surface area (TPSA) is 46.2 Å². The summed E-state index contributed by atoms with van der Waals surface area (Å²) >= 11 is 3.25. The Bertz CT molecular complexity index is 508. The molecule has 0 aliphatic rings. The van der Waals surface area contributed by atoms with Crippen LogP contribution >= 0.6 is 15.9 Å². The van der Waals surface area contributed by atoms with Crippen LogP contribution in [0.3, 0.4) is 0 Å². The van der Waals surface area contributed by atoms with Crippen LogP contribution < -0.4 is 4.72 Å². The predicted octanol–water partition coefficient (Wildman–Crippen LogP) is 2.66. The van der Waals surface area contributed by atoms with Gasteiger partial charge in [0.25, 0.3) is 0 Å². The summed E-state index contributed by atoms with van der Waals surface area (Å²) in [5.41, 5.74) is 0. The van der Waals surface area contributed by atoms with Crippen molar-refractivity contribution in [3.05, 3.63) is 29.8 Å². The van der Waals surface area contributed by atoms with Crippen molar-refractivity contribution in [2.24, 2.45) is 5.92 Å². The maximum atomic E-state index is 13.3. The molecule has 0 aliphatic carbocycles. The monoisotopic (exact) mass is 341 g/mol. The average molecular weight is 342 g/mol. The summed E-state index contributed by atoms with van der Waals surface area (Å²) in [7, 11) is -4.01. The molecule has 7 heteroatoms. The van der Waals surface area contributed by atoms with Crippen LogP contribution in [0, 0.1) is 17.6 Å². The lowest BCUT2D eigenvalue weighted by Gasteiger charge is -2.12. The maximum absolute atomic E-state index is 13.3. The number of nitrogens with one attached hydrogen (secondary N) is 1. The zero-order valence-electron chi connectivity index (χ0n) is 9.79. The lowest BCUT2D eigenvalue weighted by atomic mass is 10.1. The molecule has 0 saturated heterocycles. The van der Waals surface area contributed by atoms with Gasteiger partial charge < -0.3 is 0 Å². The first kappa shape index (κ1) is 15.5. The third kappa shape index (κ3) is 4.29. The van der Waals surface area contributed by atoms with E-state index in [-0.39, 0.29) is 12.5 Å². The third-order valence-electron chi connectivity index (χ3n) is 2.41. The lowest BCUT2D eigenvalue weighted by Crippen LogP contribution is -2.29. The number of halogens is 3. The van der Waals surface area contributed by atoms with E-state index in [9.17, 15) is 17.2 Å². The fourth-order valence-corrected chi connectivity index (χ4v) is 3.33. The maximum Gasteiger partial charge on any atom is 0.243 e. The molecule has 18 heavy (non-hydrogen) atoms. The molecule has 1 unspecified atom stereocenters. The van der Waals surface area contributed by atoms with Crippen molar-refractivity contribution in [3.8, 4) is 0 Å². The van der Waals surface area contributed by atoms with Gasteiger partial charge in [0, 0.05) is 11.9 Å². The molecule has 0 radical (unpaired) electrons. The second kappa shape index (κ2) is 6.58. The lowest BCUT2D eigenvalue weighted by molar-refractivity contribution is 0.520. The Morgan fingerprint density at radius 3 is 2.67 bits per heavy atom. The van der Waals surface area contributed by atoms with E-state index in [4.69, 9.17) is 0 Å². The van der Waals surface area contributed by atoms with E-state index >= 15 is 0 Å². The summed E-state index contributed by atoms with van der Waals surface area (Å²) in [6, 6.07) is 2.35. The molecule has 0 spiro atoms. The minimum Gasteiger partial charge on any atom is -0.211 e. The Kier molecular flexibility index (Phi) is 5.68. The highest BCUT2D eigenvalue weighted by Crippen LogP contribution is 2.16. The first-order chi connectivity index (χ1) is 8.36. The zero-order chi connectivity index (χ0) is 13.8. The van der Waals surface area contributed by atoms with E-state index in [1.165, 1.54) is 0 Å². The fourth-order valence-electron chi connectivity index (χ4n) is 1.30. The largest absolute Gasteiger partial charge is 0.243 e. The van der Waals surface area contributed by atoms with Crippen LogP contribution in [-0.2, 0) is 10.0 Å². The Morgan fingerprint density at radius 2 is 2.06 bits per heavy atom. The summed E-state index contributed by atoms with van der Waals surface area (Å²) in [6.07, 6.45) is 0.786. The molecule has 0 amide bonds. The van der Waals surface area contributed by atoms with Gasteiger partial charge in [0.1, 0.15) is 16.5 Å². The van der Waals surface area contributed by atoms with Crippen LogP contribution in [0.2, 0.25) is 0 Å². The predicted molar refractivity (Wildman–Crippen MR) is 69.1 cm³/mol. The molecule has 1 aromatic carbocycles. The number of alkyl halides is 1.